The number of carbonyl (C=O) groups excluding carboxylic acids is 1. The van der Waals surface area contributed by atoms with Gasteiger partial charge in [-0.1, -0.05) is 12.2 Å². The summed E-state index contributed by atoms with van der Waals surface area (Å²) in [4.78, 5) is 10.6. The Balaban J connectivity index is 2.25. The van der Waals surface area contributed by atoms with Gasteiger partial charge in [0.1, 0.15) is 0 Å². The van der Waals surface area contributed by atoms with Crippen LogP contribution in [-0.4, -0.2) is 12.0 Å². The third-order valence-electron chi connectivity index (χ3n) is 2.89. The molecular weight excluding hydrogens is 142 g/mol. The Morgan fingerprint density at radius 2 is 2.09 bits per heavy atom. The highest BCUT2D eigenvalue weighted by Crippen LogP contribution is 2.41. The van der Waals surface area contributed by atoms with Crippen LogP contribution in [0.2, 0.25) is 0 Å². The van der Waals surface area contributed by atoms with Crippen molar-refractivity contribution in [2.45, 2.75) is 12.5 Å². The molecule has 2 aliphatic rings. The van der Waals surface area contributed by atoms with Crippen LogP contribution in [0.1, 0.15) is 6.42 Å². The molecule has 3 N–H and O–H groups in total. The molecule has 0 aromatic heterocycles. The Morgan fingerprint density at radius 3 is 2.45 bits per heavy atom. The van der Waals surface area contributed by atoms with Crippen LogP contribution < -0.4 is 10.8 Å². The molecule has 11 heavy (non-hydrogen) atoms. The van der Waals surface area contributed by atoms with Crippen LogP contribution in [-0.2, 0) is 4.79 Å². The van der Waals surface area contributed by atoms with E-state index in [-0.39, 0.29) is 17.9 Å². The lowest BCUT2D eigenvalue weighted by atomic mass is 9.90. The fourth-order valence-electron chi connectivity index (χ4n) is 2.27. The van der Waals surface area contributed by atoms with Crippen LogP contribution in [0.25, 0.3) is 0 Å². The minimum absolute atomic E-state index is 0.0370. The second-order valence-electron chi connectivity index (χ2n) is 3.46. The van der Waals surface area contributed by atoms with Gasteiger partial charge in [0.25, 0.3) is 0 Å². The van der Waals surface area contributed by atoms with Crippen molar-refractivity contribution in [1.82, 2.24) is 0 Å². The maximum atomic E-state index is 10.6. The molecule has 2 aliphatic carbocycles. The van der Waals surface area contributed by atoms with E-state index in [0.717, 1.165) is 6.42 Å². The number of carboxylic acid groups (broad SMARTS) is 1. The van der Waals surface area contributed by atoms with E-state index in [1.54, 1.807) is 0 Å². The number of hydrogen-bond acceptors (Lipinski definition) is 2. The average molecular weight is 153 g/mol. The van der Waals surface area contributed by atoms with Crippen molar-refractivity contribution in [2.24, 2.45) is 17.8 Å². The number of quaternary nitrogens is 1. The Kier molecular flexibility index (Phi) is 1.29. The molecule has 0 aromatic carbocycles. The molecule has 2 bridgehead atoms. The zero-order chi connectivity index (χ0) is 8.01. The van der Waals surface area contributed by atoms with Crippen LogP contribution in [0, 0.1) is 17.8 Å². The summed E-state index contributed by atoms with van der Waals surface area (Å²) in [5.41, 5.74) is 3.85. The predicted octanol–water partition coefficient (Wildman–Crippen LogP) is -1.83. The van der Waals surface area contributed by atoms with Gasteiger partial charge in [0, 0.05) is 5.92 Å². The van der Waals surface area contributed by atoms with Gasteiger partial charge in [-0.25, -0.2) is 0 Å². The van der Waals surface area contributed by atoms with Crippen molar-refractivity contribution >= 4 is 5.97 Å². The fourth-order valence-corrected chi connectivity index (χ4v) is 2.27. The molecule has 0 aliphatic heterocycles. The summed E-state index contributed by atoms with van der Waals surface area (Å²) in [5, 5.41) is 10.6. The topological polar surface area (TPSA) is 67.8 Å². The van der Waals surface area contributed by atoms with E-state index < -0.39 is 5.97 Å². The van der Waals surface area contributed by atoms with Gasteiger partial charge in [0.2, 0.25) is 0 Å². The monoisotopic (exact) mass is 153 g/mol. The summed E-state index contributed by atoms with van der Waals surface area (Å²) >= 11 is 0. The molecule has 1 fully saturated rings. The number of allylic oxidation sites excluding steroid dienone is 1. The van der Waals surface area contributed by atoms with Crippen LogP contribution in [0.4, 0.5) is 0 Å². The molecule has 0 heterocycles. The minimum Gasteiger partial charge on any atom is -0.550 e. The van der Waals surface area contributed by atoms with Gasteiger partial charge in [0.15, 0.2) is 0 Å². The van der Waals surface area contributed by atoms with Crippen molar-refractivity contribution in [3.63, 3.8) is 0 Å². The van der Waals surface area contributed by atoms with Crippen molar-refractivity contribution in [3.8, 4) is 0 Å². The van der Waals surface area contributed by atoms with Crippen LogP contribution >= 0.6 is 0 Å². The van der Waals surface area contributed by atoms with Crippen LogP contribution in [0.3, 0.4) is 0 Å². The molecule has 4 atom stereocenters. The zero-order valence-corrected chi connectivity index (χ0v) is 6.19. The summed E-state index contributed by atoms with van der Waals surface area (Å²) in [6.45, 7) is 0. The van der Waals surface area contributed by atoms with Crippen molar-refractivity contribution in [1.29, 1.82) is 0 Å². The summed E-state index contributed by atoms with van der Waals surface area (Å²) in [6.07, 6.45) is 5.04. The van der Waals surface area contributed by atoms with E-state index in [0.29, 0.717) is 5.92 Å². The zero-order valence-electron chi connectivity index (χ0n) is 6.19. The maximum absolute atomic E-state index is 10.6. The fraction of sp³-hybridized carbons (Fsp3) is 0.625. The van der Waals surface area contributed by atoms with E-state index in [4.69, 9.17) is 0 Å². The Bertz CT molecular complexity index is 224. The third-order valence-corrected chi connectivity index (χ3v) is 2.89. The van der Waals surface area contributed by atoms with E-state index in [1.165, 1.54) is 0 Å². The molecule has 0 amide bonds. The standard InChI is InChI=1S/C8H11NO2/c9-7-5-2-1-4(3-5)6(7)8(10)11/h1-2,4-7H,3,9H2,(H,10,11)/t4-,5-,6+,7-/m0/s1. The van der Waals surface area contributed by atoms with E-state index >= 15 is 0 Å². The first-order valence-electron chi connectivity index (χ1n) is 3.92. The molecular formula is C8H11NO2. The maximum Gasteiger partial charge on any atom is 0.0994 e. The molecule has 0 aromatic rings. The first-order valence-corrected chi connectivity index (χ1v) is 3.92. The number of hydrogen-bond donors (Lipinski definition) is 1. The van der Waals surface area contributed by atoms with Gasteiger partial charge in [0.05, 0.1) is 17.9 Å². The van der Waals surface area contributed by atoms with Crippen LogP contribution in [0.5, 0.6) is 0 Å². The largest absolute Gasteiger partial charge is 0.550 e. The molecule has 1 saturated carbocycles. The lowest BCUT2D eigenvalue weighted by Gasteiger charge is -2.22. The lowest BCUT2D eigenvalue weighted by Crippen LogP contribution is -2.68. The Hall–Kier alpha value is -0.830. The average Bonchev–Trinajstić information content (AvgIpc) is 2.44. The highest BCUT2D eigenvalue weighted by atomic mass is 16.4. The summed E-state index contributed by atoms with van der Waals surface area (Å²) in [7, 11) is 0. The van der Waals surface area contributed by atoms with Crippen molar-refractivity contribution in [2.75, 3.05) is 0 Å². The Labute approximate surface area is 64.9 Å². The molecule has 0 spiro atoms. The summed E-state index contributed by atoms with van der Waals surface area (Å²) < 4.78 is 0. The van der Waals surface area contributed by atoms with Gasteiger partial charge in [-0.15, -0.1) is 0 Å². The summed E-state index contributed by atoms with van der Waals surface area (Å²) in [6, 6.07) is 0.0370. The highest BCUT2D eigenvalue weighted by molar-refractivity contribution is 5.70. The molecule has 0 unspecified atom stereocenters. The van der Waals surface area contributed by atoms with Gasteiger partial charge < -0.3 is 15.6 Å². The first-order chi connectivity index (χ1) is 5.20. The number of carboxylic acids is 1. The molecule has 0 radical (unpaired) electrons. The third kappa shape index (κ3) is 0.807. The van der Waals surface area contributed by atoms with Crippen LogP contribution in [0.15, 0.2) is 12.2 Å². The molecule has 2 rings (SSSR count). The minimum atomic E-state index is -0.929. The Morgan fingerprint density at radius 1 is 1.45 bits per heavy atom. The summed E-state index contributed by atoms with van der Waals surface area (Å²) in [5.74, 6) is -0.665. The second kappa shape index (κ2) is 2.08. The number of fused-ring (bicyclic) bond motifs is 2. The smallest absolute Gasteiger partial charge is 0.0994 e. The molecule has 60 valence electrons. The van der Waals surface area contributed by atoms with E-state index in [9.17, 15) is 9.90 Å². The van der Waals surface area contributed by atoms with Gasteiger partial charge >= 0.3 is 0 Å². The predicted molar refractivity (Wildman–Crippen MR) is 35.9 cm³/mol. The molecule has 0 saturated heterocycles. The van der Waals surface area contributed by atoms with Crippen molar-refractivity contribution in [3.05, 3.63) is 12.2 Å². The van der Waals surface area contributed by atoms with Gasteiger partial charge in [-0.3, -0.25) is 0 Å². The van der Waals surface area contributed by atoms with E-state index in [1.807, 2.05) is 6.08 Å². The van der Waals surface area contributed by atoms with Gasteiger partial charge in [-0.2, -0.15) is 0 Å². The highest BCUT2D eigenvalue weighted by Gasteiger charge is 2.45. The van der Waals surface area contributed by atoms with Gasteiger partial charge in [-0.05, 0) is 12.3 Å². The molecule has 3 heteroatoms. The van der Waals surface area contributed by atoms with Crippen molar-refractivity contribution < 1.29 is 15.6 Å². The SMILES string of the molecule is [NH3+][C@@H]1[C@H](C(=O)[O-])[C@H]2C=C[C@H]1C2. The second-order valence-corrected chi connectivity index (χ2v) is 3.46. The molecule has 3 nitrogen and oxygen atoms in total. The quantitative estimate of drug-likeness (QED) is 0.450. The number of rotatable bonds is 1. The van der Waals surface area contributed by atoms with E-state index in [2.05, 4.69) is 11.8 Å². The normalized spacial score (nSPS) is 46.6. The first kappa shape index (κ1) is 6.85. The number of carbonyl (C=O) groups is 1. The number of aliphatic carboxylic acids is 1. The lowest BCUT2D eigenvalue weighted by molar-refractivity contribution is -0.440.